The third-order valence-electron chi connectivity index (χ3n) is 2.98. The molecule has 0 saturated carbocycles. The lowest BCUT2D eigenvalue weighted by Crippen LogP contribution is -2.07. The fraction of sp³-hybridized carbons (Fsp3) is 0.667. The zero-order chi connectivity index (χ0) is 14.8. The molecule has 114 valence electrons. The van der Waals surface area contributed by atoms with Crippen LogP contribution in [0.15, 0.2) is 6.07 Å². The predicted molar refractivity (Wildman–Crippen MR) is 77.2 cm³/mol. The van der Waals surface area contributed by atoms with Crippen molar-refractivity contribution in [3.63, 3.8) is 0 Å². The molecule has 0 aliphatic carbocycles. The maximum Gasteiger partial charge on any atom is 0.252 e. The molecule has 20 heavy (non-hydrogen) atoms. The lowest BCUT2D eigenvalue weighted by Gasteiger charge is -2.09. The van der Waals surface area contributed by atoms with Crippen LogP contribution in [0, 0.1) is 11.6 Å². The number of halogens is 2. The van der Waals surface area contributed by atoms with Crippen molar-refractivity contribution in [2.75, 3.05) is 18.5 Å². The van der Waals surface area contributed by atoms with Crippen molar-refractivity contribution in [1.82, 2.24) is 4.98 Å². The fourth-order valence-corrected chi connectivity index (χ4v) is 1.89. The fourth-order valence-electron chi connectivity index (χ4n) is 1.89. The molecule has 5 heteroatoms. The van der Waals surface area contributed by atoms with Gasteiger partial charge in [-0.2, -0.15) is 4.98 Å². The number of ether oxygens (including phenoxy) is 1. The van der Waals surface area contributed by atoms with E-state index in [4.69, 9.17) is 4.74 Å². The number of unbranched alkanes of at least 4 members (excludes halogenated alkanes) is 5. The van der Waals surface area contributed by atoms with Gasteiger partial charge in [-0.25, -0.2) is 8.78 Å². The lowest BCUT2D eigenvalue weighted by atomic mass is 10.1. The molecule has 0 fully saturated rings. The minimum absolute atomic E-state index is 0.0341. The highest BCUT2D eigenvalue weighted by Crippen LogP contribution is 2.21. The summed E-state index contributed by atoms with van der Waals surface area (Å²) in [5, 5.41) is 2.74. The minimum Gasteiger partial charge on any atom is -0.476 e. The topological polar surface area (TPSA) is 34.1 Å². The largest absolute Gasteiger partial charge is 0.476 e. The van der Waals surface area contributed by atoms with Crippen LogP contribution in [0.25, 0.3) is 0 Å². The van der Waals surface area contributed by atoms with E-state index in [-0.39, 0.29) is 11.7 Å². The summed E-state index contributed by atoms with van der Waals surface area (Å²) in [5.74, 6) is -1.55. The van der Waals surface area contributed by atoms with Gasteiger partial charge in [-0.15, -0.1) is 0 Å². The molecule has 0 radical (unpaired) electrons. The van der Waals surface area contributed by atoms with E-state index in [1.165, 1.54) is 25.7 Å². The first-order valence-electron chi connectivity index (χ1n) is 7.41. The molecule has 3 nitrogen and oxygen atoms in total. The average molecular weight is 286 g/mol. The molecule has 0 spiro atoms. The molecule has 0 atom stereocenters. The summed E-state index contributed by atoms with van der Waals surface area (Å²) in [5.41, 5.74) is 0. The summed E-state index contributed by atoms with van der Waals surface area (Å²) in [6, 6.07) is 0.807. The molecule has 0 aromatic carbocycles. The van der Waals surface area contributed by atoms with Gasteiger partial charge in [0.25, 0.3) is 5.88 Å². The van der Waals surface area contributed by atoms with Crippen molar-refractivity contribution in [3.8, 4) is 5.88 Å². The number of aromatic nitrogens is 1. The number of nitrogens with one attached hydrogen (secondary N) is 1. The van der Waals surface area contributed by atoms with Crippen LogP contribution in [-0.2, 0) is 0 Å². The second kappa shape index (κ2) is 9.50. The highest BCUT2D eigenvalue weighted by Gasteiger charge is 2.12. The van der Waals surface area contributed by atoms with Gasteiger partial charge >= 0.3 is 0 Å². The maximum absolute atomic E-state index is 13.5. The Morgan fingerprint density at radius 1 is 1.05 bits per heavy atom. The van der Waals surface area contributed by atoms with Gasteiger partial charge in [0.05, 0.1) is 6.61 Å². The summed E-state index contributed by atoms with van der Waals surface area (Å²) in [4.78, 5) is 3.83. The van der Waals surface area contributed by atoms with Crippen LogP contribution in [0.1, 0.15) is 52.4 Å². The van der Waals surface area contributed by atoms with Crippen molar-refractivity contribution in [2.24, 2.45) is 0 Å². The highest BCUT2D eigenvalue weighted by atomic mass is 19.1. The summed E-state index contributed by atoms with van der Waals surface area (Å²) < 4.78 is 32.1. The van der Waals surface area contributed by atoms with Crippen molar-refractivity contribution < 1.29 is 13.5 Å². The van der Waals surface area contributed by atoms with E-state index in [1.807, 2.05) is 6.92 Å². The third-order valence-corrected chi connectivity index (χ3v) is 2.98. The van der Waals surface area contributed by atoms with Gasteiger partial charge in [0, 0.05) is 12.6 Å². The van der Waals surface area contributed by atoms with Crippen molar-refractivity contribution >= 4 is 5.82 Å². The summed E-state index contributed by atoms with van der Waals surface area (Å²) in [6.07, 6.45) is 6.78. The zero-order valence-corrected chi connectivity index (χ0v) is 12.3. The minimum atomic E-state index is -0.755. The molecule has 0 unspecified atom stereocenters. The summed E-state index contributed by atoms with van der Waals surface area (Å²) in [6.45, 7) is 4.93. The quantitative estimate of drug-likeness (QED) is 0.642. The van der Waals surface area contributed by atoms with Gasteiger partial charge in [0.1, 0.15) is 0 Å². The maximum atomic E-state index is 13.5. The van der Waals surface area contributed by atoms with Crippen LogP contribution in [0.4, 0.5) is 14.6 Å². The highest BCUT2D eigenvalue weighted by molar-refractivity contribution is 5.39. The second-order valence-electron chi connectivity index (χ2n) is 4.75. The van der Waals surface area contributed by atoms with E-state index in [0.717, 1.165) is 18.9 Å². The Morgan fingerprint density at radius 3 is 2.45 bits per heavy atom. The smallest absolute Gasteiger partial charge is 0.252 e. The predicted octanol–water partition coefficient (Wildman–Crippen LogP) is 4.53. The Kier molecular flexibility index (Phi) is 7.92. The van der Waals surface area contributed by atoms with Crippen LogP contribution < -0.4 is 10.1 Å². The molecule has 1 N–H and O–H groups in total. The third kappa shape index (κ3) is 5.72. The van der Waals surface area contributed by atoms with Crippen LogP contribution in [-0.4, -0.2) is 18.1 Å². The van der Waals surface area contributed by atoms with Crippen molar-refractivity contribution in [1.29, 1.82) is 0 Å². The standard InChI is InChI=1S/C15H24F2N2O/c1-3-5-6-7-8-9-10-20-15-13(17)11-12(16)14(19-15)18-4-2/h11H,3-10H2,1-2H3,(H,18,19). The normalized spacial score (nSPS) is 10.6. The molecule has 0 amide bonds. The van der Waals surface area contributed by atoms with Gasteiger partial charge in [-0.3, -0.25) is 0 Å². The Bertz CT molecular complexity index is 400. The first-order valence-corrected chi connectivity index (χ1v) is 7.41. The number of anilines is 1. The first kappa shape index (κ1) is 16.7. The van der Waals surface area contributed by atoms with Crippen molar-refractivity contribution in [3.05, 3.63) is 17.7 Å². The van der Waals surface area contributed by atoms with E-state index in [1.54, 1.807) is 0 Å². The number of hydrogen-bond donors (Lipinski definition) is 1. The van der Waals surface area contributed by atoms with Crippen LogP contribution in [0.3, 0.4) is 0 Å². The van der Waals surface area contributed by atoms with Gasteiger partial charge in [-0.05, 0) is 13.3 Å². The number of hydrogen-bond acceptors (Lipinski definition) is 3. The molecule has 1 aromatic heterocycles. The van der Waals surface area contributed by atoms with E-state index >= 15 is 0 Å². The monoisotopic (exact) mass is 286 g/mol. The van der Waals surface area contributed by atoms with Crippen LogP contribution in [0.2, 0.25) is 0 Å². The number of pyridine rings is 1. The molecule has 1 heterocycles. The molecule has 0 aliphatic rings. The molecule has 1 aromatic rings. The van der Waals surface area contributed by atoms with Crippen LogP contribution >= 0.6 is 0 Å². The lowest BCUT2D eigenvalue weighted by molar-refractivity contribution is 0.277. The van der Waals surface area contributed by atoms with Gasteiger partial charge in [-0.1, -0.05) is 39.0 Å². The molecule has 0 aliphatic heterocycles. The molecule has 0 saturated heterocycles. The van der Waals surface area contributed by atoms with Gasteiger partial charge in [0.15, 0.2) is 17.5 Å². The average Bonchev–Trinajstić information content (AvgIpc) is 2.42. The Balaban J connectivity index is 2.37. The van der Waals surface area contributed by atoms with E-state index in [0.29, 0.717) is 13.2 Å². The first-order chi connectivity index (χ1) is 9.69. The molecular weight excluding hydrogens is 262 g/mol. The summed E-state index contributed by atoms with van der Waals surface area (Å²) in [7, 11) is 0. The van der Waals surface area contributed by atoms with Crippen molar-refractivity contribution in [2.45, 2.75) is 52.4 Å². The zero-order valence-electron chi connectivity index (χ0n) is 12.3. The second-order valence-corrected chi connectivity index (χ2v) is 4.75. The molecule has 0 bridgehead atoms. The Labute approximate surface area is 119 Å². The summed E-state index contributed by atoms with van der Waals surface area (Å²) >= 11 is 0. The van der Waals surface area contributed by atoms with Gasteiger partial charge in [0.2, 0.25) is 0 Å². The Hall–Kier alpha value is -1.39. The number of nitrogens with zero attached hydrogens (tertiary/aromatic N) is 1. The number of rotatable bonds is 10. The van der Waals surface area contributed by atoms with E-state index in [9.17, 15) is 8.78 Å². The SMILES string of the molecule is CCCCCCCCOc1nc(NCC)c(F)cc1F. The van der Waals surface area contributed by atoms with Crippen LogP contribution in [0.5, 0.6) is 5.88 Å². The van der Waals surface area contributed by atoms with E-state index < -0.39 is 11.6 Å². The van der Waals surface area contributed by atoms with E-state index in [2.05, 4.69) is 17.2 Å². The van der Waals surface area contributed by atoms with Gasteiger partial charge < -0.3 is 10.1 Å². The molecular formula is C15H24F2N2O. The molecule has 1 rings (SSSR count). The Morgan fingerprint density at radius 2 is 1.75 bits per heavy atom.